The Bertz CT molecular complexity index is 756. The van der Waals surface area contributed by atoms with E-state index in [0.29, 0.717) is 36.2 Å². The molecule has 2 heterocycles. The first-order valence-corrected chi connectivity index (χ1v) is 8.58. The molecule has 7 nitrogen and oxygen atoms in total. The third-order valence-electron chi connectivity index (χ3n) is 4.39. The van der Waals surface area contributed by atoms with Crippen LogP contribution in [0, 0.1) is 6.92 Å². The molecule has 0 N–H and O–H groups in total. The SMILES string of the molecule is COc1cccc(C(=O)N2CCC(Oc3ncc(C)cn3)CC2)c1OC. The molecule has 0 bridgehead atoms. The Morgan fingerprint density at radius 3 is 2.42 bits per heavy atom. The Kier molecular flexibility index (Phi) is 5.55. The van der Waals surface area contributed by atoms with E-state index in [1.165, 1.54) is 7.11 Å². The summed E-state index contributed by atoms with van der Waals surface area (Å²) in [4.78, 5) is 23.0. The number of methoxy groups -OCH3 is 2. The van der Waals surface area contributed by atoms with Gasteiger partial charge in [0.1, 0.15) is 6.10 Å². The lowest BCUT2D eigenvalue weighted by molar-refractivity contribution is 0.0575. The summed E-state index contributed by atoms with van der Waals surface area (Å²) in [5.41, 5.74) is 1.50. The number of benzene rings is 1. The minimum atomic E-state index is -0.0641. The van der Waals surface area contributed by atoms with Crippen molar-refractivity contribution in [1.82, 2.24) is 14.9 Å². The van der Waals surface area contributed by atoms with Crippen LogP contribution in [-0.4, -0.2) is 54.2 Å². The lowest BCUT2D eigenvalue weighted by Gasteiger charge is -2.32. The van der Waals surface area contributed by atoms with Gasteiger partial charge in [0.25, 0.3) is 5.91 Å². The number of hydrogen-bond acceptors (Lipinski definition) is 6. The van der Waals surface area contributed by atoms with Crippen LogP contribution in [0.2, 0.25) is 0 Å². The second-order valence-corrected chi connectivity index (χ2v) is 6.19. The predicted octanol–water partition coefficient (Wildman–Crippen LogP) is 2.49. The first kappa shape index (κ1) is 18.0. The van der Waals surface area contributed by atoms with Crippen molar-refractivity contribution in [2.24, 2.45) is 0 Å². The van der Waals surface area contributed by atoms with Crippen LogP contribution in [0.25, 0.3) is 0 Å². The molecule has 1 aromatic carbocycles. The summed E-state index contributed by atoms with van der Waals surface area (Å²) in [5.74, 6) is 0.949. The third-order valence-corrected chi connectivity index (χ3v) is 4.39. The highest BCUT2D eigenvalue weighted by Crippen LogP contribution is 2.32. The van der Waals surface area contributed by atoms with E-state index in [2.05, 4.69) is 9.97 Å². The van der Waals surface area contributed by atoms with Crippen LogP contribution in [0.3, 0.4) is 0 Å². The van der Waals surface area contributed by atoms with Crippen molar-refractivity contribution in [3.63, 3.8) is 0 Å². The number of rotatable bonds is 5. The predicted molar refractivity (Wildman–Crippen MR) is 95.9 cm³/mol. The largest absolute Gasteiger partial charge is 0.493 e. The van der Waals surface area contributed by atoms with Crippen LogP contribution in [0.5, 0.6) is 17.5 Å². The number of hydrogen-bond donors (Lipinski definition) is 0. The first-order chi connectivity index (χ1) is 12.6. The monoisotopic (exact) mass is 357 g/mol. The molecule has 0 unspecified atom stereocenters. The van der Waals surface area contributed by atoms with Crippen LogP contribution in [0.1, 0.15) is 28.8 Å². The van der Waals surface area contributed by atoms with Gasteiger partial charge in [-0.2, -0.15) is 0 Å². The summed E-state index contributed by atoms with van der Waals surface area (Å²) >= 11 is 0. The van der Waals surface area contributed by atoms with Crippen molar-refractivity contribution in [1.29, 1.82) is 0 Å². The molecule has 138 valence electrons. The van der Waals surface area contributed by atoms with Gasteiger partial charge in [0.15, 0.2) is 11.5 Å². The van der Waals surface area contributed by atoms with Gasteiger partial charge in [0, 0.05) is 38.3 Å². The van der Waals surface area contributed by atoms with Crippen molar-refractivity contribution >= 4 is 5.91 Å². The smallest absolute Gasteiger partial charge is 0.316 e. The first-order valence-electron chi connectivity index (χ1n) is 8.58. The van der Waals surface area contributed by atoms with Crippen LogP contribution in [0.4, 0.5) is 0 Å². The number of aryl methyl sites for hydroxylation is 1. The number of para-hydroxylation sites is 1. The number of aromatic nitrogens is 2. The maximum atomic E-state index is 12.9. The lowest BCUT2D eigenvalue weighted by atomic mass is 10.1. The van der Waals surface area contributed by atoms with Gasteiger partial charge in [-0.1, -0.05) is 6.07 Å². The van der Waals surface area contributed by atoms with Gasteiger partial charge >= 0.3 is 6.01 Å². The maximum absolute atomic E-state index is 12.9. The number of likely N-dealkylation sites (tertiary alicyclic amines) is 1. The van der Waals surface area contributed by atoms with Crippen LogP contribution in [-0.2, 0) is 0 Å². The van der Waals surface area contributed by atoms with E-state index in [0.717, 1.165) is 18.4 Å². The number of ether oxygens (including phenoxy) is 3. The van der Waals surface area contributed by atoms with Crippen LogP contribution < -0.4 is 14.2 Å². The van der Waals surface area contributed by atoms with E-state index in [1.54, 1.807) is 37.7 Å². The standard InChI is InChI=1S/C19H23N3O4/c1-13-11-20-19(21-12-13)26-14-7-9-22(10-8-14)18(23)15-5-4-6-16(24-2)17(15)25-3/h4-6,11-12,14H,7-10H2,1-3H3. The van der Waals surface area contributed by atoms with Crippen molar-refractivity contribution in [3.05, 3.63) is 41.7 Å². The summed E-state index contributed by atoms with van der Waals surface area (Å²) in [5, 5.41) is 0. The molecule has 1 fully saturated rings. The second-order valence-electron chi connectivity index (χ2n) is 6.19. The van der Waals surface area contributed by atoms with Gasteiger partial charge in [-0.05, 0) is 24.6 Å². The van der Waals surface area contributed by atoms with E-state index in [1.807, 2.05) is 11.8 Å². The minimum Gasteiger partial charge on any atom is -0.493 e. The number of carbonyl (C=O) groups excluding carboxylic acids is 1. The molecular weight excluding hydrogens is 334 g/mol. The summed E-state index contributed by atoms with van der Waals surface area (Å²) < 4.78 is 16.5. The van der Waals surface area contributed by atoms with Gasteiger partial charge in [-0.15, -0.1) is 0 Å². The molecule has 26 heavy (non-hydrogen) atoms. The van der Waals surface area contributed by atoms with Gasteiger partial charge in [0.2, 0.25) is 0 Å². The topological polar surface area (TPSA) is 73.8 Å². The molecule has 0 atom stereocenters. The third kappa shape index (κ3) is 3.87. The van der Waals surface area contributed by atoms with E-state index < -0.39 is 0 Å². The number of nitrogens with zero attached hydrogens (tertiary/aromatic N) is 3. The molecule has 0 radical (unpaired) electrons. The van der Waals surface area contributed by atoms with E-state index in [-0.39, 0.29) is 12.0 Å². The second kappa shape index (κ2) is 8.03. The average molecular weight is 357 g/mol. The quantitative estimate of drug-likeness (QED) is 0.818. The highest BCUT2D eigenvalue weighted by Gasteiger charge is 2.27. The Labute approximate surface area is 152 Å². The summed E-state index contributed by atoms with van der Waals surface area (Å²) in [6.45, 7) is 3.15. The maximum Gasteiger partial charge on any atom is 0.316 e. The highest BCUT2D eigenvalue weighted by molar-refractivity contribution is 5.97. The van der Waals surface area contributed by atoms with Crippen molar-refractivity contribution in [2.75, 3.05) is 27.3 Å². The zero-order valence-electron chi connectivity index (χ0n) is 15.3. The van der Waals surface area contributed by atoms with E-state index >= 15 is 0 Å². The Morgan fingerprint density at radius 2 is 1.81 bits per heavy atom. The number of carbonyl (C=O) groups is 1. The molecule has 2 aromatic rings. The van der Waals surface area contributed by atoms with Crippen molar-refractivity contribution in [3.8, 4) is 17.5 Å². The van der Waals surface area contributed by atoms with Gasteiger partial charge in [0.05, 0.1) is 19.8 Å². The highest BCUT2D eigenvalue weighted by atomic mass is 16.5. The Hall–Kier alpha value is -2.83. The van der Waals surface area contributed by atoms with Crippen molar-refractivity contribution in [2.45, 2.75) is 25.9 Å². The molecule has 7 heteroatoms. The van der Waals surface area contributed by atoms with Crippen LogP contribution in [0.15, 0.2) is 30.6 Å². The van der Waals surface area contributed by atoms with E-state index in [9.17, 15) is 4.79 Å². The van der Waals surface area contributed by atoms with Gasteiger partial charge < -0.3 is 19.1 Å². The lowest BCUT2D eigenvalue weighted by Crippen LogP contribution is -2.42. The number of amides is 1. The molecule has 1 amide bonds. The zero-order chi connectivity index (χ0) is 18.5. The molecule has 0 aliphatic carbocycles. The normalized spacial score (nSPS) is 14.8. The molecule has 1 aromatic heterocycles. The molecule has 1 aliphatic rings. The van der Waals surface area contributed by atoms with E-state index in [4.69, 9.17) is 14.2 Å². The Morgan fingerprint density at radius 1 is 1.12 bits per heavy atom. The minimum absolute atomic E-state index is 0.00830. The summed E-state index contributed by atoms with van der Waals surface area (Å²) in [6.07, 6.45) is 4.94. The van der Waals surface area contributed by atoms with Gasteiger partial charge in [-0.3, -0.25) is 4.79 Å². The van der Waals surface area contributed by atoms with Crippen LogP contribution >= 0.6 is 0 Å². The fourth-order valence-corrected chi connectivity index (χ4v) is 2.99. The molecule has 0 spiro atoms. The molecular formula is C19H23N3O4. The molecule has 1 saturated heterocycles. The molecule has 0 saturated carbocycles. The fourth-order valence-electron chi connectivity index (χ4n) is 2.99. The fraction of sp³-hybridized carbons (Fsp3) is 0.421. The molecule has 3 rings (SSSR count). The summed E-state index contributed by atoms with van der Waals surface area (Å²) in [7, 11) is 3.10. The van der Waals surface area contributed by atoms with Gasteiger partial charge in [-0.25, -0.2) is 9.97 Å². The summed E-state index contributed by atoms with van der Waals surface area (Å²) in [6, 6.07) is 5.71. The Balaban J connectivity index is 1.63. The van der Waals surface area contributed by atoms with Crippen molar-refractivity contribution < 1.29 is 19.0 Å². The average Bonchev–Trinajstić information content (AvgIpc) is 2.69. The number of piperidine rings is 1. The zero-order valence-corrected chi connectivity index (χ0v) is 15.3. The molecule has 1 aliphatic heterocycles.